The smallest absolute Gasteiger partial charge is 0.0708 e. The Morgan fingerprint density at radius 2 is 0.961 bits per heavy atom. The molecule has 238 valence electrons. The molecule has 0 atom stereocenters. The molecule has 0 saturated carbocycles. The highest BCUT2D eigenvalue weighted by Gasteiger charge is 2.17. The zero-order chi connectivity index (χ0) is 33.7. The number of hydrogen-bond acceptors (Lipinski definition) is 3. The molecule has 2 heterocycles. The second-order valence-corrected chi connectivity index (χ2v) is 13.0. The molecule has 0 aliphatic rings. The number of benzene rings is 8. The molecule has 0 spiro atoms. The highest BCUT2D eigenvalue weighted by Crippen LogP contribution is 2.43. The monoisotopic (exact) mass is 649 g/mol. The highest BCUT2D eigenvalue weighted by atomic mass is 15.1. The van der Waals surface area contributed by atoms with E-state index in [0.29, 0.717) is 0 Å². The second-order valence-electron chi connectivity index (χ2n) is 13.0. The number of nitrogens with zero attached hydrogens (tertiary/aromatic N) is 3. The van der Waals surface area contributed by atoms with E-state index in [-0.39, 0.29) is 0 Å². The third-order valence-corrected chi connectivity index (χ3v) is 10.1. The van der Waals surface area contributed by atoms with Crippen molar-refractivity contribution in [2.24, 2.45) is 0 Å². The minimum atomic E-state index is 0.969. The average molecular weight is 650 g/mol. The highest BCUT2D eigenvalue weighted by molar-refractivity contribution is 6.27. The summed E-state index contributed by atoms with van der Waals surface area (Å²) >= 11 is 0. The predicted octanol–water partition coefficient (Wildman–Crippen LogP) is 13.0. The molecular weight excluding hydrogens is 619 g/mol. The van der Waals surface area contributed by atoms with Crippen LogP contribution in [-0.4, -0.2) is 9.97 Å². The number of fused-ring (bicyclic) bond motifs is 1. The normalized spacial score (nSPS) is 11.5. The van der Waals surface area contributed by atoms with Crippen molar-refractivity contribution >= 4 is 60.3 Å². The van der Waals surface area contributed by atoms with Gasteiger partial charge in [-0.05, 0) is 110 Å². The molecule has 10 rings (SSSR count). The fourth-order valence-electron chi connectivity index (χ4n) is 7.65. The van der Waals surface area contributed by atoms with Gasteiger partial charge in [0.15, 0.2) is 0 Å². The van der Waals surface area contributed by atoms with Crippen LogP contribution in [0.1, 0.15) is 0 Å². The first-order valence-electron chi connectivity index (χ1n) is 17.3. The Balaban J connectivity index is 1.05. The largest absolute Gasteiger partial charge is 0.311 e. The molecule has 0 aliphatic heterocycles. The lowest BCUT2D eigenvalue weighted by molar-refractivity contribution is 1.28. The van der Waals surface area contributed by atoms with Crippen molar-refractivity contribution in [3.63, 3.8) is 0 Å². The van der Waals surface area contributed by atoms with Gasteiger partial charge < -0.3 is 4.90 Å². The minimum Gasteiger partial charge on any atom is -0.311 e. The van der Waals surface area contributed by atoms with Gasteiger partial charge in [0.1, 0.15) is 0 Å². The number of rotatable bonds is 6. The van der Waals surface area contributed by atoms with E-state index in [1.807, 2.05) is 18.5 Å². The molecule has 51 heavy (non-hydrogen) atoms. The molecule has 10 aromatic rings. The molecule has 0 unspecified atom stereocenters. The summed E-state index contributed by atoms with van der Waals surface area (Å²) < 4.78 is 0. The SMILES string of the molecule is c1ccc(N(c2ccccc2)c2ccc(-c3ccc4ccc5c(-c6ccc(-c7ccc8ncccc8c7)cn6)ccc6ccc3c4c65)cc2)cc1. The van der Waals surface area contributed by atoms with Crippen LogP contribution < -0.4 is 4.90 Å². The van der Waals surface area contributed by atoms with E-state index in [9.17, 15) is 0 Å². The zero-order valence-electron chi connectivity index (χ0n) is 27.7. The molecule has 0 amide bonds. The van der Waals surface area contributed by atoms with Gasteiger partial charge in [-0.15, -0.1) is 0 Å². The molecule has 8 aromatic carbocycles. The van der Waals surface area contributed by atoms with E-state index < -0.39 is 0 Å². The van der Waals surface area contributed by atoms with Crippen molar-refractivity contribution in [2.75, 3.05) is 4.90 Å². The van der Waals surface area contributed by atoms with Gasteiger partial charge in [0, 0.05) is 46.0 Å². The van der Waals surface area contributed by atoms with Crippen molar-refractivity contribution in [3.05, 3.63) is 188 Å². The Labute approximate surface area is 296 Å². The van der Waals surface area contributed by atoms with Gasteiger partial charge in [0.05, 0.1) is 11.2 Å². The van der Waals surface area contributed by atoms with Gasteiger partial charge in [-0.1, -0.05) is 115 Å². The third kappa shape index (κ3) is 4.98. The Morgan fingerprint density at radius 1 is 0.373 bits per heavy atom. The summed E-state index contributed by atoms with van der Waals surface area (Å²) in [5.41, 5.74) is 11.1. The Kier molecular flexibility index (Phi) is 6.81. The van der Waals surface area contributed by atoms with E-state index in [0.717, 1.165) is 50.3 Å². The van der Waals surface area contributed by atoms with Crippen LogP contribution in [0.5, 0.6) is 0 Å². The fraction of sp³-hybridized carbons (Fsp3) is 0. The number of aromatic nitrogens is 2. The van der Waals surface area contributed by atoms with Crippen LogP contribution in [0.2, 0.25) is 0 Å². The molecule has 3 nitrogen and oxygen atoms in total. The van der Waals surface area contributed by atoms with E-state index in [1.54, 1.807) is 0 Å². The summed E-state index contributed by atoms with van der Waals surface area (Å²) in [7, 11) is 0. The summed E-state index contributed by atoms with van der Waals surface area (Å²) in [6.07, 6.45) is 3.82. The van der Waals surface area contributed by atoms with E-state index in [4.69, 9.17) is 4.98 Å². The van der Waals surface area contributed by atoms with E-state index >= 15 is 0 Å². The van der Waals surface area contributed by atoms with Gasteiger partial charge in [-0.2, -0.15) is 0 Å². The van der Waals surface area contributed by atoms with Crippen molar-refractivity contribution in [3.8, 4) is 33.5 Å². The predicted molar refractivity (Wildman–Crippen MR) is 214 cm³/mol. The summed E-state index contributed by atoms with van der Waals surface area (Å²) in [5.74, 6) is 0. The molecule has 0 fully saturated rings. The maximum atomic E-state index is 5.00. The number of anilines is 3. The summed E-state index contributed by atoms with van der Waals surface area (Å²) in [6.45, 7) is 0. The van der Waals surface area contributed by atoms with Gasteiger partial charge in [0.25, 0.3) is 0 Å². The molecule has 0 N–H and O–H groups in total. The first-order valence-corrected chi connectivity index (χ1v) is 17.3. The quantitative estimate of drug-likeness (QED) is 0.168. The van der Waals surface area contributed by atoms with Crippen LogP contribution in [0.15, 0.2) is 188 Å². The zero-order valence-corrected chi connectivity index (χ0v) is 27.7. The maximum Gasteiger partial charge on any atom is 0.0708 e. The fourth-order valence-corrected chi connectivity index (χ4v) is 7.65. The van der Waals surface area contributed by atoms with Gasteiger partial charge >= 0.3 is 0 Å². The van der Waals surface area contributed by atoms with Crippen molar-refractivity contribution < 1.29 is 0 Å². The lowest BCUT2D eigenvalue weighted by Crippen LogP contribution is -2.09. The standard InChI is InChI=1S/C48H31N3/c1-3-9-38(10-4-1)51(39-11-5-2-6-12-39)40-21-13-32(14-22-40)41-23-15-33-18-26-44-42(24-16-34-17-25-43(41)47(33)48(34)44)46-28-20-37(31-50-46)35-19-27-45-36(30-35)8-7-29-49-45/h1-31H. The first-order chi connectivity index (χ1) is 25.3. The summed E-state index contributed by atoms with van der Waals surface area (Å²) in [5, 5.41) is 8.67. The van der Waals surface area contributed by atoms with Crippen LogP contribution in [0.4, 0.5) is 17.1 Å². The Morgan fingerprint density at radius 3 is 1.63 bits per heavy atom. The molecule has 2 aromatic heterocycles. The second kappa shape index (κ2) is 11.9. The summed E-state index contributed by atoms with van der Waals surface area (Å²) in [6, 6.07) is 62.9. The number of para-hydroxylation sites is 2. The van der Waals surface area contributed by atoms with Crippen molar-refractivity contribution in [1.29, 1.82) is 0 Å². The molecule has 0 saturated heterocycles. The molecule has 0 bridgehead atoms. The van der Waals surface area contributed by atoms with Crippen LogP contribution in [0.25, 0.3) is 76.7 Å². The third-order valence-electron chi connectivity index (χ3n) is 10.1. The van der Waals surface area contributed by atoms with Crippen LogP contribution >= 0.6 is 0 Å². The van der Waals surface area contributed by atoms with Crippen LogP contribution in [0, 0.1) is 0 Å². The van der Waals surface area contributed by atoms with Crippen molar-refractivity contribution in [1.82, 2.24) is 9.97 Å². The lowest BCUT2D eigenvalue weighted by atomic mass is 9.88. The number of pyridine rings is 2. The Hall–Kier alpha value is -6.84. The molecule has 0 aliphatic carbocycles. The maximum absolute atomic E-state index is 5.00. The van der Waals surface area contributed by atoms with Crippen LogP contribution in [0.3, 0.4) is 0 Å². The van der Waals surface area contributed by atoms with E-state index in [2.05, 4.69) is 180 Å². The van der Waals surface area contributed by atoms with Gasteiger partial charge in [-0.25, -0.2) is 0 Å². The first kappa shape index (κ1) is 29.1. The topological polar surface area (TPSA) is 29.0 Å². The molecule has 0 radical (unpaired) electrons. The lowest BCUT2D eigenvalue weighted by Gasteiger charge is -2.25. The van der Waals surface area contributed by atoms with Crippen LogP contribution in [-0.2, 0) is 0 Å². The molecular formula is C48H31N3. The van der Waals surface area contributed by atoms with Gasteiger partial charge in [0.2, 0.25) is 0 Å². The summed E-state index contributed by atoms with van der Waals surface area (Å²) in [4.78, 5) is 11.8. The van der Waals surface area contributed by atoms with Crippen molar-refractivity contribution in [2.45, 2.75) is 0 Å². The minimum absolute atomic E-state index is 0.969. The average Bonchev–Trinajstić information content (AvgIpc) is 3.21. The Bertz CT molecular complexity index is 2790. The number of hydrogen-bond donors (Lipinski definition) is 0. The molecule has 3 heteroatoms. The van der Waals surface area contributed by atoms with E-state index in [1.165, 1.54) is 43.4 Å². The van der Waals surface area contributed by atoms with Gasteiger partial charge in [-0.3, -0.25) is 9.97 Å².